The molecule has 1 N–H and O–H groups in total. The Labute approximate surface area is 185 Å². The van der Waals surface area contributed by atoms with E-state index in [1.807, 2.05) is 91.0 Å². The van der Waals surface area contributed by atoms with Gasteiger partial charge in [-0.3, -0.25) is 4.79 Å². The molecule has 1 amide bonds. The Bertz CT molecular complexity index is 860. The smallest absolute Gasteiger partial charge is 0.234 e. The van der Waals surface area contributed by atoms with Gasteiger partial charge < -0.3 is 10.1 Å². The Hall–Kier alpha value is -2.04. The average Bonchev–Trinajstić information content (AvgIpc) is 2.73. The topological polar surface area (TPSA) is 38.3 Å². The predicted octanol–water partition coefficient (Wildman–Crippen LogP) is 5.85. The minimum Gasteiger partial charge on any atom is -0.349 e. The Morgan fingerprint density at radius 3 is 1.69 bits per heavy atom. The molecule has 0 radical (unpaired) electrons. The lowest BCUT2D eigenvalue weighted by atomic mass is 9.90. The number of nitrogens with one attached hydrogen (secondary N) is 1. The summed E-state index contributed by atoms with van der Waals surface area (Å²) in [4.78, 5) is 13.2. The summed E-state index contributed by atoms with van der Waals surface area (Å²) in [5.74, 6) is -0.876. The van der Waals surface area contributed by atoms with Crippen molar-refractivity contribution in [1.29, 1.82) is 0 Å². The maximum Gasteiger partial charge on any atom is 0.234 e. The number of benzene rings is 3. The van der Waals surface area contributed by atoms with Crippen LogP contribution in [0.15, 0.2) is 91.0 Å². The molecule has 0 aliphatic rings. The van der Waals surface area contributed by atoms with E-state index < -0.39 is 15.9 Å². The van der Waals surface area contributed by atoms with Crippen LogP contribution in [0.4, 0.5) is 0 Å². The van der Waals surface area contributed by atoms with Crippen molar-refractivity contribution in [2.24, 2.45) is 0 Å². The van der Waals surface area contributed by atoms with Gasteiger partial charge in [-0.1, -0.05) is 126 Å². The number of carbonyl (C=O) groups is 1. The van der Waals surface area contributed by atoms with E-state index in [1.54, 1.807) is 0 Å². The first kappa shape index (κ1) is 21.7. The van der Waals surface area contributed by atoms with E-state index in [0.29, 0.717) is 0 Å². The summed E-state index contributed by atoms with van der Waals surface area (Å²) in [5.41, 5.74) is 2.58. The highest BCUT2D eigenvalue weighted by molar-refractivity contribution is 6.68. The van der Waals surface area contributed by atoms with Crippen LogP contribution in [0, 0.1) is 0 Å². The van der Waals surface area contributed by atoms with Gasteiger partial charge >= 0.3 is 0 Å². The zero-order valence-corrected chi connectivity index (χ0v) is 17.7. The van der Waals surface area contributed by atoms with Crippen molar-refractivity contribution < 1.29 is 9.53 Å². The van der Waals surface area contributed by atoms with Crippen molar-refractivity contribution >= 4 is 40.7 Å². The van der Waals surface area contributed by atoms with Crippen LogP contribution in [0.5, 0.6) is 0 Å². The monoisotopic (exact) mass is 447 g/mol. The largest absolute Gasteiger partial charge is 0.349 e. The van der Waals surface area contributed by atoms with Crippen LogP contribution >= 0.6 is 34.8 Å². The number of rotatable bonds is 7. The zero-order valence-electron chi connectivity index (χ0n) is 15.5. The third-order valence-corrected chi connectivity index (χ3v) is 4.95. The summed E-state index contributed by atoms with van der Waals surface area (Å²) >= 11 is 18.3. The third kappa shape index (κ3) is 6.22. The van der Waals surface area contributed by atoms with E-state index in [0.717, 1.165) is 16.7 Å². The van der Waals surface area contributed by atoms with Crippen LogP contribution in [0.3, 0.4) is 0 Å². The van der Waals surface area contributed by atoms with E-state index in [1.165, 1.54) is 0 Å². The average molecular weight is 449 g/mol. The number of hydrogen-bond acceptors (Lipinski definition) is 2. The molecular weight excluding hydrogens is 429 g/mol. The number of carbonyl (C=O) groups excluding carboxylic acids is 1. The van der Waals surface area contributed by atoms with Gasteiger partial charge in [0.2, 0.25) is 9.70 Å². The minimum absolute atomic E-state index is 0.195. The van der Waals surface area contributed by atoms with Gasteiger partial charge in [-0.2, -0.15) is 0 Å². The highest BCUT2D eigenvalue weighted by Gasteiger charge is 2.37. The fourth-order valence-electron chi connectivity index (χ4n) is 2.97. The van der Waals surface area contributed by atoms with Gasteiger partial charge in [-0.05, 0) is 16.7 Å². The molecule has 0 aliphatic carbocycles. The summed E-state index contributed by atoms with van der Waals surface area (Å²) in [6.45, 7) is 0.195. The third-order valence-electron chi connectivity index (χ3n) is 4.36. The first-order valence-electron chi connectivity index (χ1n) is 9.07. The lowest BCUT2D eigenvalue weighted by Gasteiger charge is -2.28. The molecule has 0 spiro atoms. The molecule has 29 heavy (non-hydrogen) atoms. The Morgan fingerprint density at radius 1 is 0.793 bits per heavy atom. The summed E-state index contributed by atoms with van der Waals surface area (Å²) < 4.78 is 3.93. The van der Waals surface area contributed by atoms with E-state index >= 15 is 0 Å². The van der Waals surface area contributed by atoms with E-state index in [2.05, 4.69) is 5.32 Å². The Kier molecular flexibility index (Phi) is 7.57. The van der Waals surface area contributed by atoms with Crippen LogP contribution < -0.4 is 5.32 Å². The summed E-state index contributed by atoms with van der Waals surface area (Å²) in [5, 5.41) is 2.77. The maximum atomic E-state index is 13.2. The number of halogens is 3. The van der Waals surface area contributed by atoms with Crippen LogP contribution in [-0.2, 0) is 16.1 Å². The molecule has 6 heteroatoms. The quantitative estimate of drug-likeness (QED) is 0.364. The SMILES string of the molecule is O=C(N[C@@H](OCc1ccccc1)C(Cl)(Cl)Cl)C(c1ccccc1)c1ccccc1. The first-order chi connectivity index (χ1) is 13.9. The zero-order chi connectivity index (χ0) is 20.7. The molecule has 3 aromatic carbocycles. The van der Waals surface area contributed by atoms with E-state index in [9.17, 15) is 4.79 Å². The number of ether oxygens (including phenoxy) is 1. The molecule has 0 heterocycles. The molecule has 0 aliphatic heterocycles. The van der Waals surface area contributed by atoms with Crippen molar-refractivity contribution in [3.63, 3.8) is 0 Å². The molecule has 0 fully saturated rings. The normalized spacial score (nSPS) is 12.6. The number of alkyl halides is 3. The van der Waals surface area contributed by atoms with Crippen molar-refractivity contribution in [3.05, 3.63) is 108 Å². The van der Waals surface area contributed by atoms with Crippen molar-refractivity contribution in [2.45, 2.75) is 22.5 Å². The second kappa shape index (κ2) is 10.1. The van der Waals surface area contributed by atoms with Crippen molar-refractivity contribution in [2.75, 3.05) is 0 Å². The van der Waals surface area contributed by atoms with Gasteiger partial charge in [0.1, 0.15) is 0 Å². The Balaban J connectivity index is 1.82. The molecule has 3 nitrogen and oxygen atoms in total. The highest BCUT2D eigenvalue weighted by Crippen LogP contribution is 2.33. The van der Waals surface area contributed by atoms with E-state index in [-0.39, 0.29) is 12.5 Å². The first-order valence-corrected chi connectivity index (χ1v) is 10.2. The summed E-state index contributed by atoms with van der Waals surface area (Å²) in [6.07, 6.45) is -1.12. The van der Waals surface area contributed by atoms with Crippen LogP contribution in [0.2, 0.25) is 0 Å². The molecule has 3 aromatic rings. The van der Waals surface area contributed by atoms with Gasteiger partial charge in [0.05, 0.1) is 12.5 Å². The number of amides is 1. The van der Waals surface area contributed by atoms with Crippen LogP contribution in [0.1, 0.15) is 22.6 Å². The fourth-order valence-corrected chi connectivity index (χ4v) is 3.32. The van der Waals surface area contributed by atoms with Gasteiger partial charge in [0, 0.05) is 0 Å². The molecule has 150 valence electrons. The molecule has 1 atom stereocenters. The molecule has 0 bridgehead atoms. The van der Waals surface area contributed by atoms with E-state index in [4.69, 9.17) is 39.5 Å². The second-order valence-electron chi connectivity index (χ2n) is 6.48. The second-order valence-corrected chi connectivity index (χ2v) is 8.85. The Morgan fingerprint density at radius 2 is 1.24 bits per heavy atom. The molecule has 3 rings (SSSR count). The molecule has 0 unspecified atom stereocenters. The standard InChI is InChI=1S/C23H20Cl3NO2/c24-23(25,26)22(29-16-17-10-4-1-5-11-17)27-21(28)20(18-12-6-2-7-13-18)19-14-8-3-9-15-19/h1-15,20,22H,16H2,(H,27,28)/t22-/m0/s1. The molecule has 0 saturated carbocycles. The maximum absolute atomic E-state index is 13.2. The van der Waals surface area contributed by atoms with Crippen LogP contribution in [-0.4, -0.2) is 15.9 Å². The van der Waals surface area contributed by atoms with Gasteiger partial charge in [-0.25, -0.2) is 0 Å². The van der Waals surface area contributed by atoms with Gasteiger partial charge in [-0.15, -0.1) is 0 Å². The lowest BCUT2D eigenvalue weighted by Crippen LogP contribution is -2.47. The summed E-state index contributed by atoms with van der Waals surface area (Å²) in [7, 11) is 0. The van der Waals surface area contributed by atoms with Crippen molar-refractivity contribution in [1.82, 2.24) is 5.32 Å². The predicted molar refractivity (Wildman–Crippen MR) is 118 cm³/mol. The fraction of sp³-hybridized carbons (Fsp3) is 0.174. The van der Waals surface area contributed by atoms with Gasteiger partial charge in [0.25, 0.3) is 0 Å². The number of hydrogen-bond donors (Lipinski definition) is 1. The van der Waals surface area contributed by atoms with Crippen molar-refractivity contribution in [3.8, 4) is 0 Å². The molecule has 0 saturated heterocycles. The minimum atomic E-state index is -1.83. The van der Waals surface area contributed by atoms with Gasteiger partial charge in [0.15, 0.2) is 6.23 Å². The molecular formula is C23H20Cl3NO2. The van der Waals surface area contributed by atoms with Crippen LogP contribution in [0.25, 0.3) is 0 Å². The summed E-state index contributed by atoms with van der Waals surface area (Å²) in [6, 6.07) is 28.4. The molecule has 0 aromatic heterocycles. The lowest BCUT2D eigenvalue weighted by molar-refractivity contribution is -0.126. The highest BCUT2D eigenvalue weighted by atomic mass is 35.6.